The Hall–Kier alpha value is -2.55. The molecule has 0 aliphatic heterocycles. The Balaban J connectivity index is 1.96. The Kier molecular flexibility index (Phi) is 3.50. The van der Waals surface area contributed by atoms with Crippen molar-refractivity contribution >= 4 is 10.8 Å². The molecule has 0 saturated heterocycles. The second-order valence-corrected chi connectivity index (χ2v) is 4.47. The Bertz CT molecular complexity index is 711. The van der Waals surface area contributed by atoms with E-state index in [1.807, 2.05) is 48.5 Å². The van der Waals surface area contributed by atoms with Crippen molar-refractivity contribution in [3.63, 3.8) is 0 Å². The summed E-state index contributed by atoms with van der Waals surface area (Å²) in [4.78, 5) is 4.17. The predicted octanol–water partition coefficient (Wildman–Crippen LogP) is 3.82. The van der Waals surface area contributed by atoms with Gasteiger partial charge in [-0.2, -0.15) is 0 Å². The fourth-order valence-corrected chi connectivity index (χ4v) is 2.15. The minimum absolute atomic E-state index is 0.505. The van der Waals surface area contributed by atoms with Crippen LogP contribution >= 0.6 is 0 Å². The number of aromatic nitrogens is 1. The molecule has 0 amide bonds. The van der Waals surface area contributed by atoms with E-state index in [1.54, 1.807) is 19.5 Å². The Morgan fingerprint density at radius 2 is 1.85 bits per heavy atom. The summed E-state index contributed by atoms with van der Waals surface area (Å²) in [5.74, 6) is 1.46. The molecule has 3 rings (SSSR count). The first-order valence-corrected chi connectivity index (χ1v) is 6.46. The third-order valence-corrected chi connectivity index (χ3v) is 3.18. The molecule has 0 saturated carbocycles. The highest BCUT2D eigenvalue weighted by Crippen LogP contribution is 2.35. The lowest BCUT2D eigenvalue weighted by Gasteiger charge is -2.13. The van der Waals surface area contributed by atoms with Gasteiger partial charge in [-0.3, -0.25) is 4.98 Å². The monoisotopic (exact) mass is 265 g/mol. The van der Waals surface area contributed by atoms with Gasteiger partial charge in [0, 0.05) is 17.8 Å². The van der Waals surface area contributed by atoms with Crippen LogP contribution in [0.15, 0.2) is 60.9 Å². The number of methoxy groups -OCH3 is 1. The van der Waals surface area contributed by atoms with E-state index in [2.05, 4.69) is 4.98 Å². The van der Waals surface area contributed by atoms with Crippen LogP contribution < -0.4 is 9.47 Å². The number of benzene rings is 2. The van der Waals surface area contributed by atoms with E-state index in [-0.39, 0.29) is 0 Å². The summed E-state index contributed by atoms with van der Waals surface area (Å²) in [5, 5.41) is 2.05. The van der Waals surface area contributed by atoms with Crippen LogP contribution in [0, 0.1) is 0 Å². The molecule has 0 aliphatic carbocycles. The molecule has 100 valence electrons. The molecule has 1 heterocycles. The van der Waals surface area contributed by atoms with Crippen molar-refractivity contribution in [2.75, 3.05) is 7.11 Å². The second-order valence-electron chi connectivity index (χ2n) is 4.47. The average molecular weight is 265 g/mol. The largest absolute Gasteiger partial charge is 0.493 e. The first-order chi connectivity index (χ1) is 9.88. The van der Waals surface area contributed by atoms with Gasteiger partial charge in [0.25, 0.3) is 0 Å². The van der Waals surface area contributed by atoms with Gasteiger partial charge in [-0.15, -0.1) is 0 Å². The van der Waals surface area contributed by atoms with Gasteiger partial charge in [-0.05, 0) is 23.1 Å². The van der Waals surface area contributed by atoms with Crippen LogP contribution in [0.4, 0.5) is 0 Å². The van der Waals surface area contributed by atoms with Gasteiger partial charge in [0.15, 0.2) is 11.5 Å². The predicted molar refractivity (Wildman–Crippen MR) is 79.1 cm³/mol. The molecule has 3 heteroatoms. The molecule has 0 fully saturated rings. The van der Waals surface area contributed by atoms with E-state index in [9.17, 15) is 0 Å². The van der Waals surface area contributed by atoms with Crippen LogP contribution in [0.1, 0.15) is 5.56 Å². The van der Waals surface area contributed by atoms with Crippen molar-refractivity contribution < 1.29 is 9.47 Å². The molecule has 20 heavy (non-hydrogen) atoms. The van der Waals surface area contributed by atoms with Crippen molar-refractivity contribution in [2.45, 2.75) is 6.61 Å². The number of fused-ring (bicyclic) bond motifs is 1. The van der Waals surface area contributed by atoms with E-state index in [4.69, 9.17) is 9.47 Å². The lowest BCUT2D eigenvalue weighted by Crippen LogP contribution is -1.98. The minimum Gasteiger partial charge on any atom is -0.493 e. The quantitative estimate of drug-likeness (QED) is 0.718. The summed E-state index contributed by atoms with van der Waals surface area (Å²) < 4.78 is 11.4. The normalized spacial score (nSPS) is 10.4. The summed E-state index contributed by atoms with van der Waals surface area (Å²) in [7, 11) is 1.65. The van der Waals surface area contributed by atoms with Crippen molar-refractivity contribution in [3.05, 3.63) is 66.5 Å². The fraction of sp³-hybridized carbons (Fsp3) is 0.118. The molecule has 1 aromatic heterocycles. The zero-order valence-corrected chi connectivity index (χ0v) is 11.2. The van der Waals surface area contributed by atoms with E-state index in [1.165, 1.54) is 0 Å². The Morgan fingerprint density at radius 1 is 1.00 bits per heavy atom. The third kappa shape index (κ3) is 2.43. The Morgan fingerprint density at radius 3 is 2.65 bits per heavy atom. The van der Waals surface area contributed by atoms with Gasteiger partial charge in [-0.25, -0.2) is 0 Å². The van der Waals surface area contributed by atoms with E-state index < -0.39 is 0 Å². The van der Waals surface area contributed by atoms with Crippen molar-refractivity contribution in [2.24, 2.45) is 0 Å². The molecular formula is C17H15NO2. The van der Waals surface area contributed by atoms with E-state index >= 15 is 0 Å². The van der Waals surface area contributed by atoms with Crippen LogP contribution in [0.3, 0.4) is 0 Å². The maximum absolute atomic E-state index is 5.96. The van der Waals surface area contributed by atoms with Gasteiger partial charge in [-0.1, -0.05) is 36.4 Å². The minimum atomic E-state index is 0.505. The van der Waals surface area contributed by atoms with Crippen LogP contribution in [0.2, 0.25) is 0 Å². The van der Waals surface area contributed by atoms with Gasteiger partial charge < -0.3 is 9.47 Å². The molecule has 0 atom stereocenters. The SMILES string of the molecule is COc1ccc2ccncc2c1OCc1ccccc1. The molecule has 3 aromatic rings. The zero-order valence-electron chi connectivity index (χ0n) is 11.2. The number of hydrogen-bond acceptors (Lipinski definition) is 3. The van der Waals surface area contributed by atoms with Crippen LogP contribution in [0.5, 0.6) is 11.5 Å². The van der Waals surface area contributed by atoms with E-state index in [0.717, 1.165) is 27.8 Å². The molecule has 2 aromatic carbocycles. The van der Waals surface area contributed by atoms with Crippen molar-refractivity contribution in [1.82, 2.24) is 4.98 Å². The average Bonchev–Trinajstić information content (AvgIpc) is 2.53. The number of rotatable bonds is 4. The standard InChI is InChI=1S/C17H15NO2/c1-19-16-8-7-14-9-10-18-11-15(14)17(16)20-12-13-5-3-2-4-6-13/h2-11H,12H2,1H3. The Labute approximate surface area is 117 Å². The van der Waals surface area contributed by atoms with Gasteiger partial charge in [0.1, 0.15) is 6.61 Å². The van der Waals surface area contributed by atoms with Crippen LogP contribution in [-0.2, 0) is 6.61 Å². The highest BCUT2D eigenvalue weighted by Gasteiger charge is 2.10. The maximum Gasteiger partial charge on any atom is 0.171 e. The first kappa shape index (κ1) is 12.5. The fourth-order valence-electron chi connectivity index (χ4n) is 2.15. The lowest BCUT2D eigenvalue weighted by molar-refractivity contribution is 0.288. The van der Waals surface area contributed by atoms with Gasteiger partial charge in [0.2, 0.25) is 0 Å². The van der Waals surface area contributed by atoms with Gasteiger partial charge in [0.05, 0.1) is 7.11 Å². The summed E-state index contributed by atoms with van der Waals surface area (Å²) in [6.07, 6.45) is 3.58. The highest BCUT2D eigenvalue weighted by atomic mass is 16.5. The van der Waals surface area contributed by atoms with Gasteiger partial charge >= 0.3 is 0 Å². The van der Waals surface area contributed by atoms with Crippen molar-refractivity contribution in [3.8, 4) is 11.5 Å². The zero-order chi connectivity index (χ0) is 13.8. The molecule has 0 aliphatic rings. The highest BCUT2D eigenvalue weighted by molar-refractivity contribution is 5.89. The smallest absolute Gasteiger partial charge is 0.171 e. The number of ether oxygens (including phenoxy) is 2. The number of nitrogens with zero attached hydrogens (tertiary/aromatic N) is 1. The summed E-state index contributed by atoms with van der Waals surface area (Å²) in [6, 6.07) is 16.0. The van der Waals surface area contributed by atoms with Crippen molar-refractivity contribution in [1.29, 1.82) is 0 Å². The molecule has 3 nitrogen and oxygen atoms in total. The molecule has 0 N–H and O–H groups in total. The van der Waals surface area contributed by atoms with E-state index in [0.29, 0.717) is 6.61 Å². The molecule has 0 spiro atoms. The third-order valence-electron chi connectivity index (χ3n) is 3.18. The maximum atomic E-state index is 5.96. The first-order valence-electron chi connectivity index (χ1n) is 6.46. The molecular weight excluding hydrogens is 250 g/mol. The van der Waals surface area contributed by atoms with Crippen LogP contribution in [0.25, 0.3) is 10.8 Å². The lowest BCUT2D eigenvalue weighted by atomic mass is 10.1. The van der Waals surface area contributed by atoms with Crippen LogP contribution in [-0.4, -0.2) is 12.1 Å². The summed E-state index contributed by atoms with van der Waals surface area (Å²) in [5.41, 5.74) is 1.12. The second kappa shape index (κ2) is 5.61. The molecule has 0 unspecified atom stereocenters. The number of pyridine rings is 1. The number of hydrogen-bond donors (Lipinski definition) is 0. The summed E-state index contributed by atoms with van der Waals surface area (Å²) in [6.45, 7) is 0.505. The topological polar surface area (TPSA) is 31.4 Å². The molecule has 0 radical (unpaired) electrons. The molecule has 0 bridgehead atoms. The summed E-state index contributed by atoms with van der Waals surface area (Å²) >= 11 is 0.